The van der Waals surface area contributed by atoms with Gasteiger partial charge in [0.25, 0.3) is 5.91 Å². The Kier molecular flexibility index (Phi) is 10.2. The molecule has 5 nitrogen and oxygen atoms in total. The zero-order valence-corrected chi connectivity index (χ0v) is 23.5. The summed E-state index contributed by atoms with van der Waals surface area (Å²) in [5.74, 6) is -1.01. The number of hydrogen-bond acceptors (Lipinski definition) is 3. The van der Waals surface area contributed by atoms with Crippen molar-refractivity contribution in [1.29, 1.82) is 0 Å². The van der Waals surface area contributed by atoms with E-state index in [1.807, 2.05) is 20.8 Å². The molecule has 0 saturated carbocycles. The summed E-state index contributed by atoms with van der Waals surface area (Å²) >= 11 is 0. The maximum absolute atomic E-state index is 13.1. The molecular formula is C31H33F6NO4. The number of amides is 1. The highest BCUT2D eigenvalue weighted by atomic mass is 19.4. The summed E-state index contributed by atoms with van der Waals surface area (Å²) in [5, 5.41) is 11.2. The third kappa shape index (κ3) is 9.12. The van der Waals surface area contributed by atoms with Crippen molar-refractivity contribution >= 4 is 17.4 Å². The van der Waals surface area contributed by atoms with Crippen LogP contribution in [0.5, 0.6) is 0 Å². The minimum absolute atomic E-state index is 0.0512. The van der Waals surface area contributed by atoms with Crippen LogP contribution in [0.4, 0.5) is 26.3 Å². The van der Waals surface area contributed by atoms with E-state index in [2.05, 4.69) is 5.32 Å². The highest BCUT2D eigenvalue weighted by Crippen LogP contribution is 2.47. The Bertz CT molecular complexity index is 1320. The lowest BCUT2D eigenvalue weighted by atomic mass is 9.72. The standard InChI is InChI=1S/C31H33F6NO4/c1-19-17-24(18-29(2,3)27(19)21-10-12-23(13-11-21)31(35,36)37)42-25(5-4-15-30(32,33)34)20-6-8-22(9-7-20)28(41)38-16-14-26(39)40/h6-13,17,25H,4-5,14-16,18H2,1-3H3,(H,38,41)(H,39,40). The van der Waals surface area contributed by atoms with Crippen LogP contribution in [0, 0.1) is 5.41 Å². The van der Waals surface area contributed by atoms with Crippen molar-refractivity contribution in [3.8, 4) is 0 Å². The first-order valence-electron chi connectivity index (χ1n) is 13.4. The number of rotatable bonds is 11. The normalized spacial score (nSPS) is 16.1. The summed E-state index contributed by atoms with van der Waals surface area (Å²) in [5.41, 5.74) is 1.77. The number of benzene rings is 2. The Balaban J connectivity index is 1.85. The topological polar surface area (TPSA) is 75.6 Å². The number of carbonyl (C=O) groups is 2. The summed E-state index contributed by atoms with van der Waals surface area (Å²) in [6.07, 6.45) is -8.77. The quantitative estimate of drug-likeness (QED) is 0.255. The molecule has 0 heterocycles. The maximum atomic E-state index is 13.1. The van der Waals surface area contributed by atoms with Gasteiger partial charge in [-0.25, -0.2) is 0 Å². The molecular weight excluding hydrogens is 564 g/mol. The van der Waals surface area contributed by atoms with Crippen LogP contribution in [0.2, 0.25) is 0 Å². The Labute approximate surface area is 240 Å². The molecule has 3 rings (SSSR count). The molecule has 0 saturated heterocycles. The molecule has 0 spiro atoms. The fraction of sp³-hybridized carbons (Fsp3) is 0.419. The number of carboxylic acid groups (broad SMARTS) is 1. The van der Waals surface area contributed by atoms with Crippen LogP contribution in [0.1, 0.15) is 86.0 Å². The molecule has 0 fully saturated rings. The second-order valence-corrected chi connectivity index (χ2v) is 10.9. The monoisotopic (exact) mass is 597 g/mol. The van der Waals surface area contributed by atoms with Crippen molar-refractivity contribution in [3.63, 3.8) is 0 Å². The smallest absolute Gasteiger partial charge is 0.416 e. The van der Waals surface area contributed by atoms with Crippen LogP contribution in [-0.4, -0.2) is 29.7 Å². The van der Waals surface area contributed by atoms with Crippen molar-refractivity contribution in [3.05, 3.63) is 88.2 Å². The lowest BCUT2D eigenvalue weighted by Gasteiger charge is -2.36. The molecule has 2 N–H and O–H groups in total. The third-order valence-electron chi connectivity index (χ3n) is 6.95. The van der Waals surface area contributed by atoms with Gasteiger partial charge in [-0.05, 0) is 77.8 Å². The zero-order valence-electron chi connectivity index (χ0n) is 23.5. The number of halogens is 6. The van der Waals surface area contributed by atoms with Crippen molar-refractivity contribution in [2.75, 3.05) is 6.54 Å². The molecule has 2 aromatic rings. The van der Waals surface area contributed by atoms with E-state index in [-0.39, 0.29) is 31.4 Å². The Hall–Kier alpha value is -3.76. The fourth-order valence-corrected chi connectivity index (χ4v) is 5.14. The molecule has 1 aliphatic carbocycles. The van der Waals surface area contributed by atoms with Gasteiger partial charge < -0.3 is 15.2 Å². The van der Waals surface area contributed by atoms with E-state index in [0.717, 1.165) is 23.3 Å². The molecule has 1 atom stereocenters. The Morgan fingerprint density at radius 3 is 2.14 bits per heavy atom. The van der Waals surface area contributed by atoms with E-state index in [4.69, 9.17) is 9.84 Å². The average Bonchev–Trinajstić information content (AvgIpc) is 2.86. The van der Waals surface area contributed by atoms with Gasteiger partial charge in [-0.3, -0.25) is 9.59 Å². The maximum Gasteiger partial charge on any atom is 0.416 e. The number of carboxylic acids is 1. The predicted octanol–water partition coefficient (Wildman–Crippen LogP) is 8.49. The van der Waals surface area contributed by atoms with E-state index in [1.165, 1.54) is 24.3 Å². The first-order chi connectivity index (χ1) is 19.5. The molecule has 228 valence electrons. The second-order valence-electron chi connectivity index (χ2n) is 10.9. The molecule has 42 heavy (non-hydrogen) atoms. The Morgan fingerprint density at radius 1 is 1.00 bits per heavy atom. The van der Waals surface area contributed by atoms with E-state index >= 15 is 0 Å². The van der Waals surface area contributed by atoms with E-state index < -0.39 is 47.7 Å². The third-order valence-corrected chi connectivity index (χ3v) is 6.95. The van der Waals surface area contributed by atoms with E-state index in [9.17, 15) is 35.9 Å². The van der Waals surface area contributed by atoms with Gasteiger partial charge in [-0.15, -0.1) is 0 Å². The van der Waals surface area contributed by atoms with Crippen molar-refractivity contribution < 1.29 is 45.8 Å². The molecule has 1 amide bonds. The molecule has 0 radical (unpaired) electrons. The lowest BCUT2D eigenvalue weighted by Crippen LogP contribution is -2.26. The summed E-state index contributed by atoms with van der Waals surface area (Å²) < 4.78 is 84.2. The highest BCUT2D eigenvalue weighted by Gasteiger charge is 2.34. The fourth-order valence-electron chi connectivity index (χ4n) is 5.14. The van der Waals surface area contributed by atoms with Crippen LogP contribution >= 0.6 is 0 Å². The Morgan fingerprint density at radius 2 is 1.62 bits per heavy atom. The van der Waals surface area contributed by atoms with Gasteiger partial charge in [0, 0.05) is 24.9 Å². The molecule has 0 bridgehead atoms. The number of carbonyl (C=O) groups excluding carboxylic acids is 1. The molecule has 11 heteroatoms. The molecule has 2 aromatic carbocycles. The molecule has 1 aliphatic rings. The van der Waals surface area contributed by atoms with Crippen LogP contribution in [0.3, 0.4) is 0 Å². The van der Waals surface area contributed by atoms with Crippen molar-refractivity contribution in [2.24, 2.45) is 5.41 Å². The minimum Gasteiger partial charge on any atom is -0.490 e. The second kappa shape index (κ2) is 13.0. The zero-order chi connectivity index (χ0) is 31.3. The first kappa shape index (κ1) is 32.8. The summed E-state index contributed by atoms with van der Waals surface area (Å²) in [6, 6.07) is 11.1. The number of ether oxygens (including phenoxy) is 1. The summed E-state index contributed by atoms with van der Waals surface area (Å²) in [6.45, 7) is 5.62. The van der Waals surface area contributed by atoms with Gasteiger partial charge in [0.1, 0.15) is 6.10 Å². The highest BCUT2D eigenvalue weighted by molar-refractivity contribution is 5.94. The van der Waals surface area contributed by atoms with Gasteiger partial charge in [-0.1, -0.05) is 38.1 Å². The van der Waals surface area contributed by atoms with Crippen molar-refractivity contribution in [1.82, 2.24) is 5.32 Å². The SMILES string of the molecule is CC1=C(c2ccc(C(F)(F)F)cc2)C(C)(C)CC(OC(CCCC(F)(F)F)c2ccc(C(=O)NCCC(=O)O)cc2)=C1. The largest absolute Gasteiger partial charge is 0.490 e. The minimum atomic E-state index is -4.45. The van der Waals surface area contributed by atoms with Crippen molar-refractivity contribution in [2.45, 2.75) is 71.3 Å². The molecule has 0 aromatic heterocycles. The van der Waals surface area contributed by atoms with Gasteiger partial charge in [0.15, 0.2) is 0 Å². The van der Waals surface area contributed by atoms with Crippen LogP contribution in [0.25, 0.3) is 5.57 Å². The predicted molar refractivity (Wildman–Crippen MR) is 145 cm³/mol. The summed E-state index contributed by atoms with van der Waals surface area (Å²) in [7, 11) is 0. The van der Waals surface area contributed by atoms with Gasteiger partial charge in [-0.2, -0.15) is 26.3 Å². The van der Waals surface area contributed by atoms with Crippen LogP contribution in [0.15, 0.2) is 65.9 Å². The number of allylic oxidation sites excluding steroid dienone is 4. The number of aliphatic carboxylic acids is 1. The number of nitrogens with one attached hydrogen (secondary N) is 1. The summed E-state index contributed by atoms with van der Waals surface area (Å²) in [4.78, 5) is 23.0. The van der Waals surface area contributed by atoms with Crippen LogP contribution in [-0.2, 0) is 15.7 Å². The number of hydrogen-bond donors (Lipinski definition) is 2. The molecule has 1 unspecified atom stereocenters. The van der Waals surface area contributed by atoms with E-state index in [0.29, 0.717) is 23.3 Å². The first-order valence-corrected chi connectivity index (χ1v) is 13.4. The van der Waals surface area contributed by atoms with Gasteiger partial charge >= 0.3 is 18.3 Å². The van der Waals surface area contributed by atoms with E-state index in [1.54, 1.807) is 18.2 Å². The number of alkyl halides is 6. The lowest BCUT2D eigenvalue weighted by molar-refractivity contribution is -0.138. The average molecular weight is 598 g/mol. The van der Waals surface area contributed by atoms with Gasteiger partial charge in [0.05, 0.1) is 17.7 Å². The van der Waals surface area contributed by atoms with Gasteiger partial charge in [0.2, 0.25) is 0 Å². The van der Waals surface area contributed by atoms with Crippen LogP contribution < -0.4 is 5.32 Å². The molecule has 0 aliphatic heterocycles.